The zero-order chi connectivity index (χ0) is 93.5. The largest absolute Gasteiger partial charge is 0.466 e. The lowest BCUT2D eigenvalue weighted by molar-refractivity contribution is -0.184. The van der Waals surface area contributed by atoms with E-state index in [1.807, 2.05) is 107 Å². The van der Waals surface area contributed by atoms with E-state index in [9.17, 15) is 55.9 Å². The fourth-order valence-electron chi connectivity index (χ4n) is 16.8. The summed E-state index contributed by atoms with van der Waals surface area (Å²) in [6.45, 7) is 26.7. The molecular formula is C98H165F4N15O10. The molecule has 14 rings (SSSR count). The summed E-state index contributed by atoms with van der Waals surface area (Å²) in [6.07, 6.45) is 17.0. The van der Waals surface area contributed by atoms with E-state index in [4.69, 9.17) is 15.6 Å². The highest BCUT2D eigenvalue weighted by atomic mass is 19.4. The maximum atomic E-state index is 12.7. The van der Waals surface area contributed by atoms with Crippen molar-refractivity contribution < 1.29 is 65.8 Å². The predicted molar refractivity (Wildman–Crippen MR) is 501 cm³/mol. The number of nitrogens with two attached hydrogens (primary N) is 1. The lowest BCUT2D eigenvalue weighted by Gasteiger charge is -2.30. The number of benzene rings is 3. The van der Waals surface area contributed by atoms with Crippen LogP contribution in [0.2, 0.25) is 0 Å². The Hall–Kier alpha value is -6.90. The second-order valence-electron chi connectivity index (χ2n) is 38.0. The number of Topliss-reactive ketones (excluding diaryl/α,β-unsaturated/α-hetero) is 2. The van der Waals surface area contributed by atoms with E-state index in [-0.39, 0.29) is 102 Å². The van der Waals surface area contributed by atoms with Crippen molar-refractivity contribution in [3.63, 3.8) is 0 Å². The molecule has 0 spiro atoms. The summed E-state index contributed by atoms with van der Waals surface area (Å²) in [5, 5.41) is 17.8. The first-order valence-corrected chi connectivity index (χ1v) is 47.5. The van der Waals surface area contributed by atoms with Crippen LogP contribution in [0.5, 0.6) is 0 Å². The molecule has 0 aromatic heterocycles. The first-order valence-electron chi connectivity index (χ1n) is 47.5. The SMILES string of the molecule is CC(C)NC(=O)C1CCN(C)CC1.CCOC(=O)C1CCN(C)CC1.CN1CCC(C(=O)N(C)C)CC1.CN1CCC(C(=O)NC2CC2)CC1.CN1CCC(C(=O)Nc2ccccc2)CC1.CN1CCC(C(=O)c2ccc(F)cc2)CC1.CN1CCC(C(=O)c2ccccc2)CC1.CN1CCC(C(F)(F)F)CC1.CN1CCC(C(N)=O)CC1.CN1CCC(CO)CC1. The van der Waals surface area contributed by atoms with Crippen molar-refractivity contribution >= 4 is 52.8 Å². The molecule has 127 heavy (non-hydrogen) atoms. The molecule has 29 heteroatoms. The van der Waals surface area contributed by atoms with E-state index in [0.717, 1.165) is 232 Å². The number of anilines is 1. The first kappa shape index (κ1) is 111. The number of amides is 5. The van der Waals surface area contributed by atoms with E-state index in [2.05, 4.69) is 123 Å². The van der Waals surface area contributed by atoms with Crippen molar-refractivity contribution in [1.29, 1.82) is 0 Å². The fourth-order valence-corrected chi connectivity index (χ4v) is 16.8. The highest BCUT2D eigenvalue weighted by Crippen LogP contribution is 2.34. The Morgan fingerprint density at radius 2 is 0.717 bits per heavy atom. The number of ketones is 2. The third-order valence-electron chi connectivity index (χ3n) is 26.3. The number of alkyl halides is 3. The standard InChI is InChI=1S/C13H16FNO.C13H18N2O.C13H17NO.C10H18N2O.C10H20N2O.C9H18N2O.C9H17NO2.C7H12F3N.C7H14N2O.C7H15NO/c1-15-8-6-11(7-9-15)13(16)10-2-4-12(14)5-3-10;1-15-9-7-11(8-10-15)13(16)14-12-5-3-2-4-6-12;1-14-9-7-12(8-10-14)13(15)11-5-3-2-4-6-11;1-12-6-4-8(5-7-12)10(13)11-9-2-3-9;1-8(2)11-10(13)9-4-6-12(3)7-5-9;1-10(2)9(12)8-4-6-11(3)7-5-8;1-3-12-9(11)8-4-6-10(2)7-5-8;1-11-4-2-6(3-5-11)7(8,9)10;1-9-4-2-6(3-5-9)7(8)10;1-8-4-2-7(6-9)3-5-8/h2-5,11H,6-9H2,1H3;2-6,11H,7-10H2,1H3,(H,14,16);2-6,12H,7-10H2,1H3;8-9H,2-7H2,1H3,(H,11,13);8-9H,4-7H2,1-3H3,(H,11,13);8H,4-7H2,1-3H3;8H,3-7H2,1-2H3;6H,2-5H2,1H3;6H,2-5H2,1H3,(H2,8,10);7,9H,2-6H2,1H3. The van der Waals surface area contributed by atoms with Crippen molar-refractivity contribution in [2.45, 2.75) is 180 Å². The topological polar surface area (TPSA) is 264 Å². The van der Waals surface area contributed by atoms with Crippen molar-refractivity contribution in [3.8, 4) is 0 Å². The summed E-state index contributed by atoms with van der Waals surface area (Å²) in [4.78, 5) is 117. The van der Waals surface area contributed by atoms with Gasteiger partial charge in [-0.15, -0.1) is 0 Å². The zero-order valence-electron chi connectivity index (χ0n) is 80.3. The Bertz CT molecular complexity index is 3500. The van der Waals surface area contributed by atoms with Gasteiger partial charge in [0.05, 0.1) is 18.4 Å². The quantitative estimate of drug-likeness (QED) is 0.0538. The number of nitrogens with one attached hydrogen (secondary N) is 3. The maximum absolute atomic E-state index is 12.7. The molecule has 0 radical (unpaired) electrons. The molecule has 0 bridgehead atoms. The van der Waals surface area contributed by atoms with Gasteiger partial charge in [-0.3, -0.25) is 38.4 Å². The zero-order valence-corrected chi connectivity index (χ0v) is 80.3. The highest BCUT2D eigenvalue weighted by Gasteiger charge is 2.41. The molecule has 3 aromatic carbocycles. The number of para-hydroxylation sites is 1. The smallest absolute Gasteiger partial charge is 0.391 e. The van der Waals surface area contributed by atoms with Crippen molar-refractivity contribution in [2.75, 3.05) is 234 Å². The number of piperidine rings is 10. The Labute approximate surface area is 760 Å². The average molecular weight is 1790 g/mol. The summed E-state index contributed by atoms with van der Waals surface area (Å²) in [6, 6.07) is 26.0. The van der Waals surface area contributed by atoms with E-state index < -0.39 is 12.1 Å². The van der Waals surface area contributed by atoms with Gasteiger partial charge in [-0.05, 0) is 406 Å². The van der Waals surface area contributed by atoms with Crippen LogP contribution in [0.3, 0.4) is 0 Å². The number of ether oxygens (including phenoxy) is 1. The molecule has 25 nitrogen and oxygen atoms in total. The van der Waals surface area contributed by atoms with E-state index in [0.29, 0.717) is 61.4 Å². The number of aliphatic hydroxyl groups excluding tert-OH is 1. The average Bonchev–Trinajstić information content (AvgIpc) is 1.61. The summed E-state index contributed by atoms with van der Waals surface area (Å²) >= 11 is 0. The lowest BCUT2D eigenvalue weighted by atomic mass is 9.89. The molecule has 10 heterocycles. The van der Waals surface area contributed by atoms with Gasteiger partial charge in [-0.1, -0.05) is 48.5 Å². The van der Waals surface area contributed by atoms with Crippen LogP contribution in [0.15, 0.2) is 84.9 Å². The summed E-state index contributed by atoms with van der Waals surface area (Å²) in [5.74, 6) is 2.21. The van der Waals surface area contributed by atoms with Crippen LogP contribution < -0.4 is 21.7 Å². The number of carbonyl (C=O) groups is 8. The van der Waals surface area contributed by atoms with Crippen molar-refractivity contribution in [2.24, 2.45) is 64.9 Å². The van der Waals surface area contributed by atoms with Crippen LogP contribution in [0, 0.1) is 65.0 Å². The summed E-state index contributed by atoms with van der Waals surface area (Å²) in [5.41, 5.74) is 7.55. The maximum Gasteiger partial charge on any atom is 0.391 e. The molecule has 720 valence electrons. The molecule has 11 aliphatic rings. The molecule has 6 N–H and O–H groups in total. The van der Waals surface area contributed by atoms with Gasteiger partial charge in [-0.25, -0.2) is 4.39 Å². The van der Waals surface area contributed by atoms with Gasteiger partial charge in [0.2, 0.25) is 29.5 Å². The van der Waals surface area contributed by atoms with Gasteiger partial charge in [0.15, 0.2) is 11.6 Å². The summed E-state index contributed by atoms with van der Waals surface area (Å²) < 4.78 is 53.8. The molecule has 5 amide bonds. The van der Waals surface area contributed by atoms with Gasteiger partial charge < -0.3 is 85.4 Å². The Kier molecular flexibility index (Phi) is 52.4. The number of esters is 1. The molecule has 0 unspecified atom stereocenters. The van der Waals surface area contributed by atoms with Crippen LogP contribution in [0.1, 0.15) is 183 Å². The first-order chi connectivity index (χ1) is 60.4. The van der Waals surface area contributed by atoms with Gasteiger partial charge in [0, 0.05) is 91.0 Å². The molecule has 3 aromatic rings. The van der Waals surface area contributed by atoms with Crippen LogP contribution in [-0.2, 0) is 33.5 Å². The number of aliphatic hydroxyl groups is 1. The normalized spacial score (nSPS) is 21.2. The van der Waals surface area contributed by atoms with Crippen LogP contribution in [-0.4, -0.2) is 353 Å². The molecule has 0 atom stereocenters. The fraction of sp³-hybridized carbons (Fsp3) is 0.735. The number of hydrogen-bond acceptors (Lipinski definition) is 20. The van der Waals surface area contributed by atoms with Crippen molar-refractivity contribution in [3.05, 3.63) is 102 Å². The van der Waals surface area contributed by atoms with Crippen LogP contribution in [0.25, 0.3) is 0 Å². The van der Waals surface area contributed by atoms with E-state index >= 15 is 0 Å². The van der Waals surface area contributed by atoms with Crippen LogP contribution in [0.4, 0.5) is 23.2 Å². The molecule has 1 saturated carbocycles. The van der Waals surface area contributed by atoms with Gasteiger partial charge in [0.1, 0.15) is 5.82 Å². The number of halogens is 4. The minimum atomic E-state index is -3.97. The lowest BCUT2D eigenvalue weighted by Crippen LogP contribution is -2.41. The molecular weight excluding hydrogens is 1620 g/mol. The number of carbonyl (C=O) groups excluding carboxylic acids is 8. The number of likely N-dealkylation sites (tertiary alicyclic amines) is 10. The Balaban J connectivity index is 0.000000251. The minimum absolute atomic E-state index is 0.00870. The molecule has 10 aliphatic heterocycles. The third-order valence-corrected chi connectivity index (χ3v) is 26.3. The van der Waals surface area contributed by atoms with E-state index in [1.54, 1.807) is 17.0 Å². The molecule has 1 aliphatic carbocycles. The monoisotopic (exact) mass is 1790 g/mol. The Morgan fingerprint density at radius 3 is 1.05 bits per heavy atom. The van der Waals surface area contributed by atoms with Gasteiger partial charge in [0.25, 0.3) is 0 Å². The minimum Gasteiger partial charge on any atom is -0.466 e. The van der Waals surface area contributed by atoms with Crippen molar-refractivity contribution in [1.82, 2.24) is 64.5 Å². The second-order valence-corrected chi connectivity index (χ2v) is 38.0. The predicted octanol–water partition coefficient (Wildman–Crippen LogP) is 11.3. The van der Waals surface area contributed by atoms with Gasteiger partial charge >= 0.3 is 12.1 Å². The second kappa shape index (κ2) is 60.2. The Morgan fingerprint density at radius 1 is 0.409 bits per heavy atom. The summed E-state index contributed by atoms with van der Waals surface area (Å²) in [7, 11) is 24.4. The van der Waals surface area contributed by atoms with Crippen LogP contribution >= 0.6 is 0 Å². The highest BCUT2D eigenvalue weighted by molar-refractivity contribution is 5.98. The number of rotatable bonds is 15. The number of primary amides is 1. The molecule has 10 saturated heterocycles. The third kappa shape index (κ3) is 45.7. The number of hydrogen-bond donors (Lipinski definition) is 5. The van der Waals surface area contributed by atoms with E-state index in [1.165, 1.54) is 37.8 Å². The molecule has 11 fully saturated rings. The van der Waals surface area contributed by atoms with Gasteiger partial charge in [-0.2, -0.15) is 13.2 Å². The number of nitrogens with zero attached hydrogens (tertiary/aromatic N) is 11.